The monoisotopic (exact) mass is 350 g/mol. The number of carbonyl (C=O) groups excluding carboxylic acids is 1. The number of nitriles is 1. The zero-order chi connectivity index (χ0) is 17.7. The van der Waals surface area contributed by atoms with Gasteiger partial charge in [0.1, 0.15) is 0 Å². The first-order valence-electron chi connectivity index (χ1n) is 10.1. The largest absolute Gasteiger partial charge is 0.371 e. The minimum absolute atomic E-state index is 0.0641. The van der Waals surface area contributed by atoms with Crippen molar-refractivity contribution in [2.45, 2.75) is 62.6 Å². The van der Waals surface area contributed by atoms with Crippen LogP contribution >= 0.6 is 0 Å². The van der Waals surface area contributed by atoms with E-state index < -0.39 is 0 Å². The van der Waals surface area contributed by atoms with Crippen molar-refractivity contribution in [2.24, 2.45) is 5.92 Å². The van der Waals surface area contributed by atoms with Crippen LogP contribution in [-0.4, -0.2) is 42.0 Å². The number of carbonyl (C=O) groups is 1. The van der Waals surface area contributed by atoms with Gasteiger partial charge in [-0.25, -0.2) is 0 Å². The molecule has 26 heavy (non-hydrogen) atoms. The number of benzene rings is 1. The summed E-state index contributed by atoms with van der Waals surface area (Å²) in [6, 6.07) is 9.61. The number of nitrogens with zero attached hydrogens (tertiary/aromatic N) is 3. The summed E-state index contributed by atoms with van der Waals surface area (Å²) < 4.78 is 0. The van der Waals surface area contributed by atoms with Gasteiger partial charge in [0.05, 0.1) is 18.0 Å². The second kappa shape index (κ2) is 6.19. The molecule has 1 amide bonds. The highest BCUT2D eigenvalue weighted by Gasteiger charge is 2.47. The van der Waals surface area contributed by atoms with Gasteiger partial charge in [-0.15, -0.1) is 0 Å². The van der Waals surface area contributed by atoms with E-state index in [0.29, 0.717) is 6.04 Å². The van der Waals surface area contributed by atoms with Crippen LogP contribution in [-0.2, 0) is 4.79 Å². The Morgan fingerprint density at radius 1 is 1.19 bits per heavy atom. The van der Waals surface area contributed by atoms with Crippen molar-refractivity contribution >= 4 is 11.6 Å². The molecule has 0 radical (unpaired) electrons. The van der Waals surface area contributed by atoms with E-state index in [1.54, 1.807) is 0 Å². The molecule has 1 unspecified atom stereocenters. The van der Waals surface area contributed by atoms with Crippen LogP contribution in [0.25, 0.3) is 0 Å². The summed E-state index contributed by atoms with van der Waals surface area (Å²) in [5.41, 5.74) is 2.72. The predicted octanol–water partition coefficient (Wildman–Crippen LogP) is 2.59. The number of amides is 1. The third-order valence-electron chi connectivity index (χ3n) is 6.82. The van der Waals surface area contributed by atoms with Crippen LogP contribution in [0.1, 0.15) is 50.0 Å². The van der Waals surface area contributed by atoms with Crippen molar-refractivity contribution < 1.29 is 4.79 Å². The number of fused-ring (bicyclic) bond motifs is 2. The maximum absolute atomic E-state index is 12.8. The smallest absolute Gasteiger partial charge is 0.225 e. The molecule has 3 heterocycles. The summed E-state index contributed by atoms with van der Waals surface area (Å²) in [7, 11) is 0. The molecule has 1 N–H and O–H groups in total. The molecule has 5 rings (SSSR count). The normalized spacial score (nSPS) is 32.7. The van der Waals surface area contributed by atoms with Gasteiger partial charge >= 0.3 is 0 Å². The molecular weight excluding hydrogens is 324 g/mol. The van der Waals surface area contributed by atoms with Crippen LogP contribution in [0.5, 0.6) is 0 Å². The van der Waals surface area contributed by atoms with Gasteiger partial charge in [-0.1, -0.05) is 12.1 Å². The van der Waals surface area contributed by atoms with E-state index in [-0.39, 0.29) is 23.9 Å². The van der Waals surface area contributed by atoms with E-state index >= 15 is 0 Å². The summed E-state index contributed by atoms with van der Waals surface area (Å²) >= 11 is 0. The van der Waals surface area contributed by atoms with E-state index in [9.17, 15) is 10.1 Å². The molecule has 5 nitrogen and oxygen atoms in total. The van der Waals surface area contributed by atoms with Crippen molar-refractivity contribution in [1.29, 1.82) is 5.26 Å². The number of anilines is 1. The van der Waals surface area contributed by atoms with E-state index in [0.717, 1.165) is 44.7 Å². The zero-order valence-corrected chi connectivity index (χ0v) is 15.1. The predicted molar refractivity (Wildman–Crippen MR) is 99.5 cm³/mol. The Bertz CT molecular complexity index is 753. The molecule has 1 aromatic carbocycles. The Morgan fingerprint density at radius 2 is 2.08 bits per heavy atom. The van der Waals surface area contributed by atoms with E-state index in [4.69, 9.17) is 0 Å². The highest BCUT2D eigenvalue weighted by atomic mass is 16.2. The third kappa shape index (κ3) is 2.72. The molecule has 0 aromatic heterocycles. The molecule has 1 aromatic rings. The highest BCUT2D eigenvalue weighted by molar-refractivity contribution is 5.80. The molecule has 0 spiro atoms. The Kier molecular flexibility index (Phi) is 3.81. The first kappa shape index (κ1) is 16.0. The van der Waals surface area contributed by atoms with Gasteiger partial charge < -0.3 is 15.1 Å². The van der Waals surface area contributed by atoms with Crippen molar-refractivity contribution in [3.63, 3.8) is 0 Å². The summed E-state index contributed by atoms with van der Waals surface area (Å²) in [5, 5.41) is 12.6. The summed E-state index contributed by atoms with van der Waals surface area (Å²) in [6.45, 7) is 1.76. The molecular formula is C21H26N4O. The molecule has 2 bridgehead atoms. The molecule has 136 valence electrons. The van der Waals surface area contributed by atoms with Crippen molar-refractivity contribution in [1.82, 2.24) is 10.2 Å². The minimum atomic E-state index is 0.0641. The van der Waals surface area contributed by atoms with Crippen molar-refractivity contribution in [3.8, 4) is 6.19 Å². The lowest BCUT2D eigenvalue weighted by molar-refractivity contribution is -0.125. The second-order valence-electron chi connectivity index (χ2n) is 8.46. The molecule has 3 aliphatic heterocycles. The van der Waals surface area contributed by atoms with Gasteiger partial charge in [0.15, 0.2) is 6.19 Å². The van der Waals surface area contributed by atoms with Gasteiger partial charge in [-0.3, -0.25) is 4.79 Å². The Labute approximate surface area is 155 Å². The first-order valence-corrected chi connectivity index (χ1v) is 10.1. The molecule has 3 saturated heterocycles. The van der Waals surface area contributed by atoms with Gasteiger partial charge in [-0.05, 0) is 62.1 Å². The van der Waals surface area contributed by atoms with E-state index in [1.807, 2.05) is 4.90 Å². The van der Waals surface area contributed by atoms with Gasteiger partial charge in [0, 0.05) is 24.8 Å². The lowest BCUT2D eigenvalue weighted by Gasteiger charge is -2.24. The maximum atomic E-state index is 12.8. The van der Waals surface area contributed by atoms with Crippen LogP contribution in [0.3, 0.4) is 0 Å². The van der Waals surface area contributed by atoms with E-state index in [2.05, 4.69) is 40.7 Å². The topological polar surface area (TPSA) is 59.4 Å². The number of rotatable bonds is 4. The first-order chi connectivity index (χ1) is 12.7. The van der Waals surface area contributed by atoms with E-state index in [1.165, 1.54) is 24.1 Å². The average molecular weight is 350 g/mol. The highest BCUT2D eigenvalue weighted by Crippen LogP contribution is 2.41. The fraction of sp³-hybridized carbons (Fsp3) is 0.619. The Hall–Kier alpha value is -2.22. The number of hydrogen-bond donors (Lipinski definition) is 1. The van der Waals surface area contributed by atoms with Crippen LogP contribution < -0.4 is 10.2 Å². The minimum Gasteiger partial charge on any atom is -0.371 e. The Balaban J connectivity index is 1.20. The second-order valence-corrected chi connectivity index (χ2v) is 8.46. The molecule has 4 aliphatic rings. The Morgan fingerprint density at radius 3 is 2.85 bits per heavy atom. The van der Waals surface area contributed by atoms with Crippen LogP contribution in [0.4, 0.5) is 5.69 Å². The SMILES string of the molecule is N#CN1[C@H]2CC[C@@H]1[C@H](NC(=O)C1CCN(c3cccc(C4CC4)c3)C1)C2. The molecule has 1 saturated carbocycles. The average Bonchev–Trinajstić information content (AvgIpc) is 3.13. The van der Waals surface area contributed by atoms with Crippen LogP contribution in [0.15, 0.2) is 24.3 Å². The summed E-state index contributed by atoms with van der Waals surface area (Å²) in [5.74, 6) is 1.01. The van der Waals surface area contributed by atoms with Gasteiger partial charge in [0.2, 0.25) is 5.91 Å². The lowest BCUT2D eigenvalue weighted by Crippen LogP contribution is -2.46. The zero-order valence-electron chi connectivity index (χ0n) is 15.1. The summed E-state index contributed by atoms with van der Waals surface area (Å²) in [6.07, 6.45) is 8.94. The van der Waals surface area contributed by atoms with Crippen LogP contribution in [0.2, 0.25) is 0 Å². The van der Waals surface area contributed by atoms with Crippen molar-refractivity contribution in [3.05, 3.63) is 29.8 Å². The number of hydrogen-bond acceptors (Lipinski definition) is 4. The molecule has 4 fully saturated rings. The maximum Gasteiger partial charge on any atom is 0.225 e. The molecule has 5 heteroatoms. The third-order valence-corrected chi connectivity index (χ3v) is 6.82. The van der Waals surface area contributed by atoms with Gasteiger partial charge in [0.25, 0.3) is 0 Å². The van der Waals surface area contributed by atoms with Gasteiger partial charge in [-0.2, -0.15) is 5.26 Å². The number of nitrogens with one attached hydrogen (secondary N) is 1. The standard InChI is InChI=1S/C21H26N4O/c22-13-25-18-6-7-20(25)19(11-18)23-21(26)16-8-9-24(12-16)17-3-1-2-15(10-17)14-4-5-14/h1-3,10,14,16,18-20H,4-9,11-12H2,(H,23,26)/t16?,18-,19+,20+/m0/s1. The fourth-order valence-electron chi connectivity index (χ4n) is 5.20. The van der Waals surface area contributed by atoms with Crippen molar-refractivity contribution in [2.75, 3.05) is 18.0 Å². The molecule has 1 aliphatic carbocycles. The quantitative estimate of drug-likeness (QED) is 0.848. The summed E-state index contributed by atoms with van der Waals surface area (Å²) in [4.78, 5) is 17.1. The molecule has 4 atom stereocenters. The lowest BCUT2D eigenvalue weighted by atomic mass is 9.95. The van der Waals surface area contributed by atoms with Crippen LogP contribution in [0, 0.1) is 17.4 Å². The fourth-order valence-corrected chi connectivity index (χ4v) is 5.20.